The number of aliphatic carboxylic acids is 1. The van der Waals surface area contributed by atoms with Crippen LogP contribution in [0.25, 0.3) is 21.8 Å². The lowest BCUT2D eigenvalue weighted by atomic mass is 9.99. The highest BCUT2D eigenvalue weighted by Gasteiger charge is 2.21. The third-order valence-corrected chi connectivity index (χ3v) is 7.91. The Balaban J connectivity index is 0.000000198. The number of aromatic nitrogens is 2. The number of aromatic hydroxyl groups is 2. The third kappa shape index (κ3) is 8.08. The van der Waals surface area contributed by atoms with E-state index in [1.54, 1.807) is 60.7 Å². The van der Waals surface area contributed by atoms with Crippen LogP contribution in [0.3, 0.4) is 0 Å². The van der Waals surface area contributed by atoms with Crippen molar-refractivity contribution in [2.24, 2.45) is 9.98 Å². The molecule has 0 amide bonds. The van der Waals surface area contributed by atoms with Gasteiger partial charge in [0.15, 0.2) is 23.3 Å². The lowest BCUT2D eigenvalue weighted by Gasteiger charge is -2.08. The lowest BCUT2D eigenvalue weighted by molar-refractivity contribution is -0.139. The molecule has 0 spiro atoms. The number of nitrogens with one attached hydrogen (secondary N) is 2. The average molecular weight is 687 g/mol. The Morgan fingerprint density at radius 3 is 1.39 bits per heavy atom. The van der Waals surface area contributed by atoms with Gasteiger partial charge in [0, 0.05) is 44.1 Å². The number of aromatic amines is 2. The van der Waals surface area contributed by atoms with Crippen LogP contribution in [0.4, 0.5) is 0 Å². The molecule has 0 aliphatic carbocycles. The zero-order valence-corrected chi connectivity index (χ0v) is 27.9. The van der Waals surface area contributed by atoms with E-state index in [9.17, 15) is 29.4 Å². The van der Waals surface area contributed by atoms with Crippen LogP contribution in [0.2, 0.25) is 0 Å². The molecule has 12 nitrogen and oxygen atoms in total. The molecular formula is C39H34N4O8. The number of fused-ring (bicyclic) bond motifs is 2. The molecular weight excluding hydrogens is 652 g/mol. The molecule has 0 aliphatic rings. The van der Waals surface area contributed by atoms with Gasteiger partial charge in [-0.05, 0) is 50.2 Å². The summed E-state index contributed by atoms with van der Waals surface area (Å²) in [6.45, 7) is 2.34. The monoisotopic (exact) mass is 686 g/mol. The zero-order valence-electron chi connectivity index (χ0n) is 27.9. The van der Waals surface area contributed by atoms with Crippen molar-refractivity contribution in [3.05, 3.63) is 130 Å². The number of hydrogen-bond donors (Lipinski definition) is 5. The van der Waals surface area contributed by atoms with Crippen molar-refractivity contribution in [2.45, 2.75) is 13.8 Å². The number of ether oxygens (including phenoxy) is 1. The van der Waals surface area contributed by atoms with Gasteiger partial charge in [-0.3, -0.25) is 29.2 Å². The molecule has 0 bridgehead atoms. The number of H-pyrrole nitrogens is 2. The fourth-order valence-electron chi connectivity index (χ4n) is 5.45. The first-order valence-electron chi connectivity index (χ1n) is 15.7. The maximum absolute atomic E-state index is 11.7. The number of rotatable bonds is 10. The molecule has 0 saturated heterocycles. The summed E-state index contributed by atoms with van der Waals surface area (Å²) in [5, 5.41) is 31.1. The van der Waals surface area contributed by atoms with Crippen LogP contribution in [-0.4, -0.2) is 80.4 Å². The number of carbonyl (C=O) groups is 4. The van der Waals surface area contributed by atoms with Gasteiger partial charge < -0.3 is 30.0 Å². The second-order valence-electron chi connectivity index (χ2n) is 11.4. The standard InChI is InChI=1S/C20H18N2O4.C19H16N2O4/c1-12(23)14-8-9-16-15(10-14)18(20(25)22-16)19(21-11-17(24)26-2)13-6-4-3-5-7-13;1-11(22)13-7-8-15-14(9-13)17(19(25)21-15)18(20-10-16(23)24)12-5-3-2-4-6-12/h3-10,22,25H,11H2,1-2H3;2-9,21,25H,10H2,1H3,(H,23,24). The Morgan fingerprint density at radius 2 is 1.02 bits per heavy atom. The number of esters is 1. The molecule has 0 saturated carbocycles. The SMILES string of the molecule is CC(=O)c1ccc2[nH]c(O)c(C(=NCC(=O)O)c3ccccc3)c2c1.COC(=O)CN=C(c1ccccc1)c1c(O)[nH]c2ccc(C(C)=O)cc12. The topological polar surface area (TPSA) is 194 Å². The fourth-order valence-corrected chi connectivity index (χ4v) is 5.45. The first-order valence-corrected chi connectivity index (χ1v) is 15.7. The second-order valence-corrected chi connectivity index (χ2v) is 11.4. The van der Waals surface area contributed by atoms with E-state index < -0.39 is 18.5 Å². The Kier molecular flexibility index (Phi) is 10.9. The van der Waals surface area contributed by atoms with Crippen molar-refractivity contribution in [1.82, 2.24) is 9.97 Å². The molecule has 0 fully saturated rings. The molecule has 5 N–H and O–H groups in total. The third-order valence-electron chi connectivity index (χ3n) is 7.91. The molecule has 6 aromatic rings. The number of aliphatic imine (C=N–C) groups is 2. The summed E-state index contributed by atoms with van der Waals surface area (Å²) in [7, 11) is 1.29. The van der Waals surface area contributed by atoms with E-state index in [1.807, 2.05) is 36.4 Å². The van der Waals surface area contributed by atoms with E-state index in [0.29, 0.717) is 61.0 Å². The molecule has 2 aromatic heterocycles. The van der Waals surface area contributed by atoms with Crippen molar-refractivity contribution in [1.29, 1.82) is 0 Å². The summed E-state index contributed by atoms with van der Waals surface area (Å²) in [4.78, 5) is 60.2. The zero-order chi connectivity index (χ0) is 36.7. The quantitative estimate of drug-likeness (QED) is 0.0649. The van der Waals surface area contributed by atoms with Crippen LogP contribution >= 0.6 is 0 Å². The van der Waals surface area contributed by atoms with E-state index >= 15 is 0 Å². The number of carbonyl (C=O) groups excluding carboxylic acids is 3. The Labute approximate surface area is 291 Å². The molecule has 12 heteroatoms. The average Bonchev–Trinajstić information content (AvgIpc) is 3.63. The van der Waals surface area contributed by atoms with Gasteiger partial charge in [-0.25, -0.2) is 0 Å². The highest BCUT2D eigenvalue weighted by molar-refractivity contribution is 6.23. The van der Waals surface area contributed by atoms with E-state index in [1.165, 1.54) is 21.0 Å². The number of benzene rings is 4. The molecule has 51 heavy (non-hydrogen) atoms. The van der Waals surface area contributed by atoms with Crippen molar-refractivity contribution >= 4 is 56.7 Å². The maximum atomic E-state index is 11.7. The number of Topliss-reactive ketones (excluding diaryl/α,β-unsaturated/α-hetero) is 2. The smallest absolute Gasteiger partial charge is 0.327 e. The Bertz CT molecular complexity index is 2320. The summed E-state index contributed by atoms with van der Waals surface area (Å²) in [6, 6.07) is 28.4. The maximum Gasteiger partial charge on any atom is 0.327 e. The van der Waals surface area contributed by atoms with Crippen molar-refractivity contribution < 1.29 is 39.2 Å². The number of carboxylic acids is 1. The number of nitrogens with zero attached hydrogens (tertiary/aromatic N) is 2. The van der Waals surface area contributed by atoms with Crippen LogP contribution in [0.5, 0.6) is 11.8 Å². The van der Waals surface area contributed by atoms with Crippen LogP contribution in [-0.2, 0) is 14.3 Å². The summed E-state index contributed by atoms with van der Waals surface area (Å²) in [6.07, 6.45) is 0. The van der Waals surface area contributed by atoms with E-state index in [4.69, 9.17) is 5.11 Å². The number of ketones is 2. The number of methoxy groups -OCH3 is 1. The predicted molar refractivity (Wildman–Crippen MR) is 193 cm³/mol. The number of hydrogen-bond acceptors (Lipinski definition) is 9. The Hall–Kier alpha value is -6.82. The molecule has 4 aromatic carbocycles. The van der Waals surface area contributed by atoms with E-state index in [-0.39, 0.29) is 29.9 Å². The minimum Gasteiger partial charge on any atom is -0.494 e. The first-order chi connectivity index (χ1) is 24.5. The molecule has 0 atom stereocenters. The molecule has 2 heterocycles. The molecule has 258 valence electrons. The van der Waals surface area contributed by atoms with Gasteiger partial charge >= 0.3 is 11.9 Å². The predicted octanol–water partition coefficient (Wildman–Crippen LogP) is 6.08. The van der Waals surface area contributed by atoms with E-state index in [2.05, 4.69) is 24.7 Å². The first kappa shape index (κ1) is 35.5. The van der Waals surface area contributed by atoms with Crippen LogP contribution in [0.15, 0.2) is 107 Å². The fraction of sp³-hybridized carbons (Fsp3) is 0.128. The van der Waals surface area contributed by atoms with Gasteiger partial charge in [-0.15, -0.1) is 0 Å². The highest BCUT2D eigenvalue weighted by Crippen LogP contribution is 2.32. The molecule has 0 aliphatic heterocycles. The van der Waals surface area contributed by atoms with Crippen LogP contribution < -0.4 is 0 Å². The van der Waals surface area contributed by atoms with Crippen LogP contribution in [0, 0.1) is 0 Å². The molecule has 6 rings (SSSR count). The van der Waals surface area contributed by atoms with Gasteiger partial charge in [0.1, 0.15) is 13.1 Å². The molecule has 0 radical (unpaired) electrons. The minimum atomic E-state index is -1.07. The van der Waals surface area contributed by atoms with Gasteiger partial charge in [-0.1, -0.05) is 60.7 Å². The largest absolute Gasteiger partial charge is 0.494 e. The normalized spacial score (nSPS) is 11.6. The summed E-state index contributed by atoms with van der Waals surface area (Å²) >= 11 is 0. The summed E-state index contributed by atoms with van der Waals surface area (Å²) < 4.78 is 4.66. The summed E-state index contributed by atoms with van der Waals surface area (Å²) in [5.41, 5.74) is 5.36. The Morgan fingerprint density at radius 1 is 0.608 bits per heavy atom. The van der Waals surface area contributed by atoms with Crippen molar-refractivity contribution in [3.8, 4) is 11.8 Å². The highest BCUT2D eigenvalue weighted by atomic mass is 16.5. The van der Waals surface area contributed by atoms with Gasteiger partial charge in [0.25, 0.3) is 0 Å². The van der Waals surface area contributed by atoms with Crippen molar-refractivity contribution in [3.63, 3.8) is 0 Å². The summed E-state index contributed by atoms with van der Waals surface area (Å²) in [5.74, 6) is -1.93. The van der Waals surface area contributed by atoms with Crippen LogP contribution in [0.1, 0.15) is 56.8 Å². The van der Waals surface area contributed by atoms with Gasteiger partial charge in [-0.2, -0.15) is 0 Å². The molecule has 0 unspecified atom stereocenters. The lowest BCUT2D eigenvalue weighted by Crippen LogP contribution is -2.10. The number of carboxylic acid groups (broad SMARTS) is 1. The van der Waals surface area contributed by atoms with Gasteiger partial charge in [0.2, 0.25) is 0 Å². The van der Waals surface area contributed by atoms with E-state index in [0.717, 1.165) is 5.56 Å². The minimum absolute atomic E-state index is 0.0758. The van der Waals surface area contributed by atoms with Gasteiger partial charge in [0.05, 0.1) is 29.7 Å². The second kappa shape index (κ2) is 15.6. The van der Waals surface area contributed by atoms with Crippen molar-refractivity contribution in [2.75, 3.05) is 20.2 Å².